The van der Waals surface area contributed by atoms with Gasteiger partial charge in [0.2, 0.25) is 0 Å². The Morgan fingerprint density at radius 1 is 1.21 bits per heavy atom. The lowest BCUT2D eigenvalue weighted by Crippen LogP contribution is -2.55. The summed E-state index contributed by atoms with van der Waals surface area (Å²) in [6.45, 7) is 14.7. The number of rotatable bonds is 6. The Labute approximate surface area is 117 Å². The van der Waals surface area contributed by atoms with Gasteiger partial charge in [0.25, 0.3) is 0 Å². The number of hydrogen-bond acceptors (Lipinski definition) is 4. The first-order valence-electron chi connectivity index (χ1n) is 6.86. The Morgan fingerprint density at radius 3 is 1.95 bits per heavy atom. The summed E-state index contributed by atoms with van der Waals surface area (Å²) >= 11 is 0. The lowest BCUT2D eigenvalue weighted by atomic mass is 10.2. The topological polar surface area (TPSA) is 66.4 Å². The van der Waals surface area contributed by atoms with Crippen molar-refractivity contribution in [2.45, 2.75) is 26.7 Å². The molecule has 1 aliphatic rings. The molecule has 19 heavy (non-hydrogen) atoms. The fraction of sp³-hybridized carbons (Fsp3) is 0.846. The maximum atomic E-state index is 9.60. The molecule has 0 amide bonds. The van der Waals surface area contributed by atoms with Crippen LogP contribution in [0.4, 0.5) is 0 Å². The van der Waals surface area contributed by atoms with E-state index in [1.165, 1.54) is 43.5 Å². The first-order chi connectivity index (χ1) is 8.89. The molecule has 5 nitrogen and oxygen atoms in total. The van der Waals surface area contributed by atoms with Gasteiger partial charge in [0, 0.05) is 0 Å². The molecule has 0 aromatic heterocycles. The molecule has 1 aliphatic heterocycles. The zero-order valence-corrected chi connectivity index (χ0v) is 13.0. The Hall–Kier alpha value is -0.430. The zero-order chi connectivity index (χ0) is 14.8. The van der Waals surface area contributed by atoms with Gasteiger partial charge in [0.15, 0.2) is 0 Å². The standard InChI is InChI=1S/C10H22NO.C3H6O3S/c1-3-5-11(6-4-2)7-9-12-10-8-11;1-2-3-7(4,5)6/h3-10H2,1-2H3;2H,1,3H2,(H,4,5,6)/q+1;/p-1. The van der Waals surface area contributed by atoms with Crippen molar-refractivity contribution in [3.8, 4) is 0 Å². The molecule has 1 heterocycles. The van der Waals surface area contributed by atoms with Gasteiger partial charge in [-0.3, -0.25) is 0 Å². The van der Waals surface area contributed by atoms with Crippen LogP contribution in [0.3, 0.4) is 0 Å². The lowest BCUT2D eigenvalue weighted by molar-refractivity contribution is -0.935. The van der Waals surface area contributed by atoms with Crippen molar-refractivity contribution in [1.29, 1.82) is 0 Å². The molecular formula is C13H27NO4S. The largest absolute Gasteiger partial charge is 0.748 e. The summed E-state index contributed by atoms with van der Waals surface area (Å²) < 4.78 is 35.5. The van der Waals surface area contributed by atoms with Gasteiger partial charge in [-0.1, -0.05) is 19.9 Å². The molecule has 0 spiro atoms. The summed E-state index contributed by atoms with van der Waals surface area (Å²) in [6, 6.07) is 0. The normalized spacial score (nSPS) is 18.3. The number of quaternary nitrogens is 1. The van der Waals surface area contributed by atoms with E-state index in [1.807, 2.05) is 0 Å². The van der Waals surface area contributed by atoms with Crippen LogP contribution in [0.15, 0.2) is 12.7 Å². The molecule has 1 saturated heterocycles. The Kier molecular flexibility index (Phi) is 9.26. The van der Waals surface area contributed by atoms with Gasteiger partial charge in [-0.25, -0.2) is 8.42 Å². The fourth-order valence-corrected chi connectivity index (χ4v) is 2.67. The molecule has 0 aliphatic carbocycles. The van der Waals surface area contributed by atoms with Crippen molar-refractivity contribution in [3.05, 3.63) is 12.7 Å². The Morgan fingerprint density at radius 2 is 1.68 bits per heavy atom. The van der Waals surface area contributed by atoms with Crippen molar-refractivity contribution in [2.24, 2.45) is 0 Å². The predicted molar refractivity (Wildman–Crippen MR) is 75.9 cm³/mol. The average Bonchev–Trinajstić information content (AvgIpc) is 2.30. The van der Waals surface area contributed by atoms with Crippen molar-refractivity contribution in [2.75, 3.05) is 45.1 Å². The Bertz CT molecular complexity index is 319. The minimum atomic E-state index is -4.04. The van der Waals surface area contributed by atoms with E-state index in [2.05, 4.69) is 20.4 Å². The first kappa shape index (κ1) is 18.6. The molecule has 1 rings (SSSR count). The van der Waals surface area contributed by atoms with Crippen LogP contribution in [0.1, 0.15) is 26.7 Å². The number of nitrogens with zero attached hydrogens (tertiary/aromatic N) is 1. The van der Waals surface area contributed by atoms with Crippen molar-refractivity contribution in [3.63, 3.8) is 0 Å². The molecule has 1 fully saturated rings. The third kappa shape index (κ3) is 9.15. The second kappa shape index (κ2) is 9.47. The Balaban J connectivity index is 0.000000399. The number of ether oxygens (including phenoxy) is 1. The highest BCUT2D eigenvalue weighted by Crippen LogP contribution is 2.13. The fourth-order valence-electron chi connectivity index (χ4n) is 2.38. The SMILES string of the molecule is C=CCS(=O)(=O)[O-].CCC[N+]1(CCC)CCOCC1. The molecule has 0 radical (unpaired) electrons. The van der Waals surface area contributed by atoms with Crippen LogP contribution in [0.5, 0.6) is 0 Å². The van der Waals surface area contributed by atoms with Crippen LogP contribution in [0, 0.1) is 0 Å². The van der Waals surface area contributed by atoms with Crippen molar-refractivity contribution < 1.29 is 22.2 Å². The van der Waals surface area contributed by atoms with Gasteiger partial charge in [-0.05, 0) is 12.8 Å². The van der Waals surface area contributed by atoms with Gasteiger partial charge in [-0.15, -0.1) is 6.58 Å². The minimum Gasteiger partial charge on any atom is -0.748 e. The van der Waals surface area contributed by atoms with Crippen LogP contribution in [0.2, 0.25) is 0 Å². The average molecular weight is 293 g/mol. The molecule has 0 bridgehead atoms. The highest BCUT2D eigenvalue weighted by atomic mass is 32.2. The first-order valence-corrected chi connectivity index (χ1v) is 8.44. The van der Waals surface area contributed by atoms with E-state index in [9.17, 15) is 13.0 Å². The third-order valence-electron chi connectivity index (χ3n) is 3.14. The van der Waals surface area contributed by atoms with E-state index in [0.29, 0.717) is 0 Å². The molecule has 6 heteroatoms. The maximum absolute atomic E-state index is 9.60. The van der Waals surface area contributed by atoms with E-state index in [0.717, 1.165) is 19.3 Å². The van der Waals surface area contributed by atoms with Crippen LogP contribution < -0.4 is 0 Å². The van der Waals surface area contributed by atoms with Gasteiger partial charge in [0.05, 0.1) is 42.2 Å². The van der Waals surface area contributed by atoms with E-state index in [4.69, 9.17) is 4.74 Å². The van der Waals surface area contributed by atoms with Gasteiger partial charge >= 0.3 is 0 Å². The monoisotopic (exact) mass is 293 g/mol. The maximum Gasteiger partial charge on any atom is 0.102 e. The predicted octanol–water partition coefficient (Wildman–Crippen LogP) is 1.37. The molecule has 0 atom stereocenters. The van der Waals surface area contributed by atoms with Gasteiger partial charge < -0.3 is 13.8 Å². The molecule has 114 valence electrons. The van der Waals surface area contributed by atoms with E-state index < -0.39 is 15.9 Å². The van der Waals surface area contributed by atoms with Crippen LogP contribution in [-0.4, -0.2) is 62.6 Å². The molecule has 0 N–H and O–H groups in total. The van der Waals surface area contributed by atoms with Crippen LogP contribution in [0.25, 0.3) is 0 Å². The molecule has 0 unspecified atom stereocenters. The van der Waals surface area contributed by atoms with Crippen molar-refractivity contribution >= 4 is 10.1 Å². The summed E-state index contributed by atoms with van der Waals surface area (Å²) in [7, 11) is -4.04. The quantitative estimate of drug-likeness (QED) is 0.421. The molecule has 0 saturated carbocycles. The summed E-state index contributed by atoms with van der Waals surface area (Å²) in [5.41, 5.74) is 0. The molecule has 0 aromatic rings. The number of hydrogen-bond donors (Lipinski definition) is 0. The van der Waals surface area contributed by atoms with Crippen molar-refractivity contribution in [1.82, 2.24) is 0 Å². The number of morpholine rings is 1. The molecular weight excluding hydrogens is 266 g/mol. The van der Waals surface area contributed by atoms with E-state index in [-0.39, 0.29) is 0 Å². The second-order valence-corrected chi connectivity index (χ2v) is 6.31. The van der Waals surface area contributed by atoms with Crippen LogP contribution in [-0.2, 0) is 14.9 Å². The molecule has 0 aromatic carbocycles. The summed E-state index contributed by atoms with van der Waals surface area (Å²) in [5.74, 6) is -0.479. The van der Waals surface area contributed by atoms with Crippen LogP contribution >= 0.6 is 0 Å². The summed E-state index contributed by atoms with van der Waals surface area (Å²) in [6.07, 6.45) is 3.67. The highest BCUT2D eigenvalue weighted by Gasteiger charge is 2.27. The second-order valence-electron chi connectivity index (χ2n) is 4.86. The highest BCUT2D eigenvalue weighted by molar-refractivity contribution is 7.85. The lowest BCUT2D eigenvalue weighted by Gasteiger charge is -2.41. The van der Waals surface area contributed by atoms with E-state index >= 15 is 0 Å². The summed E-state index contributed by atoms with van der Waals surface area (Å²) in [4.78, 5) is 0. The summed E-state index contributed by atoms with van der Waals surface area (Å²) in [5, 5.41) is 0. The van der Waals surface area contributed by atoms with Gasteiger partial charge in [-0.2, -0.15) is 0 Å². The third-order valence-corrected chi connectivity index (χ3v) is 3.78. The van der Waals surface area contributed by atoms with E-state index in [1.54, 1.807) is 0 Å². The van der Waals surface area contributed by atoms with Gasteiger partial charge in [0.1, 0.15) is 13.1 Å². The minimum absolute atomic E-state index is 0.479. The smallest absolute Gasteiger partial charge is 0.102 e. The zero-order valence-electron chi connectivity index (χ0n) is 12.1.